The maximum Gasteiger partial charge on any atom is 0.257 e. The molecule has 0 unspecified atom stereocenters. The van der Waals surface area contributed by atoms with Crippen LogP contribution in [0.15, 0.2) is 59.1 Å². The molecule has 6 heteroatoms. The minimum absolute atomic E-state index is 0.0342. The molecule has 1 heterocycles. The van der Waals surface area contributed by atoms with Crippen molar-refractivity contribution in [1.82, 2.24) is 9.47 Å². The van der Waals surface area contributed by atoms with Gasteiger partial charge in [0.15, 0.2) is 0 Å². The van der Waals surface area contributed by atoms with Gasteiger partial charge in [-0.25, -0.2) is 0 Å². The Hall–Kier alpha value is -2.86. The summed E-state index contributed by atoms with van der Waals surface area (Å²) in [5, 5.41) is 3.00. The van der Waals surface area contributed by atoms with E-state index in [4.69, 9.17) is 0 Å². The van der Waals surface area contributed by atoms with E-state index in [-0.39, 0.29) is 11.8 Å². The second-order valence-corrected chi connectivity index (χ2v) is 8.20. The quantitative estimate of drug-likeness (QED) is 0.521. The summed E-state index contributed by atoms with van der Waals surface area (Å²) in [6.07, 6.45) is 0. The molecule has 0 saturated carbocycles. The number of carbonyl (C=O) groups is 2. The van der Waals surface area contributed by atoms with Gasteiger partial charge in [-0.3, -0.25) is 9.59 Å². The molecule has 156 valence electrons. The van der Waals surface area contributed by atoms with Gasteiger partial charge >= 0.3 is 0 Å². The van der Waals surface area contributed by atoms with Crippen LogP contribution in [0.3, 0.4) is 0 Å². The Labute approximate surface area is 185 Å². The fraction of sp³-hybridized carbons (Fsp3) is 0.250. The van der Waals surface area contributed by atoms with Crippen LogP contribution in [-0.4, -0.2) is 27.8 Å². The molecule has 0 bridgehead atoms. The summed E-state index contributed by atoms with van der Waals surface area (Å²) < 4.78 is 3.06. The average Bonchev–Trinajstić information content (AvgIpc) is 3.00. The first-order valence-corrected chi connectivity index (χ1v) is 10.7. The molecule has 0 aliphatic rings. The van der Waals surface area contributed by atoms with Crippen molar-refractivity contribution >= 4 is 33.4 Å². The summed E-state index contributed by atoms with van der Waals surface area (Å²) >= 11 is 3.51. The lowest BCUT2D eigenvalue weighted by Crippen LogP contribution is -2.27. The molecule has 5 nitrogen and oxygen atoms in total. The number of nitrogens with zero attached hydrogens (tertiary/aromatic N) is 2. The molecular weight excluding hydrogens is 442 g/mol. The third-order valence-corrected chi connectivity index (χ3v) is 5.62. The molecule has 2 amide bonds. The number of hydrogen-bond donors (Lipinski definition) is 1. The molecule has 2 aromatic carbocycles. The van der Waals surface area contributed by atoms with Crippen LogP contribution in [-0.2, 0) is 11.3 Å². The lowest BCUT2D eigenvalue weighted by molar-refractivity contribution is -0.129. The highest BCUT2D eigenvalue weighted by molar-refractivity contribution is 9.10. The van der Waals surface area contributed by atoms with E-state index < -0.39 is 0 Å². The van der Waals surface area contributed by atoms with Crippen LogP contribution in [0.1, 0.15) is 41.2 Å². The third-order valence-electron chi connectivity index (χ3n) is 5.13. The van der Waals surface area contributed by atoms with Gasteiger partial charge in [-0.15, -0.1) is 0 Å². The highest BCUT2D eigenvalue weighted by Gasteiger charge is 2.17. The fourth-order valence-electron chi connectivity index (χ4n) is 3.62. The van der Waals surface area contributed by atoms with Gasteiger partial charge in [0.2, 0.25) is 5.91 Å². The Balaban J connectivity index is 1.83. The number of aromatic nitrogens is 1. The molecule has 3 rings (SSSR count). The number of hydrogen-bond acceptors (Lipinski definition) is 2. The zero-order valence-corrected chi connectivity index (χ0v) is 19.3. The van der Waals surface area contributed by atoms with Gasteiger partial charge in [0, 0.05) is 47.2 Å². The fourth-order valence-corrected chi connectivity index (χ4v) is 4.00. The lowest BCUT2D eigenvalue weighted by atomic mass is 10.1. The van der Waals surface area contributed by atoms with Crippen molar-refractivity contribution in [1.29, 1.82) is 0 Å². The SMILES string of the molecule is CCN(Cc1cccc(NC(=O)c2cc(C)n(-c3cccc(Br)c3)c2C)c1)C(C)=O. The predicted octanol–water partition coefficient (Wildman–Crippen LogP) is 5.48. The first kappa shape index (κ1) is 21.8. The largest absolute Gasteiger partial charge is 0.339 e. The van der Waals surface area contributed by atoms with E-state index in [1.54, 1.807) is 11.8 Å². The highest BCUT2D eigenvalue weighted by atomic mass is 79.9. The Morgan fingerprint density at radius 3 is 2.47 bits per heavy atom. The Bertz CT molecular complexity index is 1090. The van der Waals surface area contributed by atoms with E-state index in [2.05, 4.69) is 25.8 Å². The topological polar surface area (TPSA) is 54.3 Å². The van der Waals surface area contributed by atoms with Crippen LogP contribution in [0.4, 0.5) is 5.69 Å². The van der Waals surface area contributed by atoms with Gasteiger partial charge in [-0.05, 0) is 62.7 Å². The predicted molar refractivity (Wildman–Crippen MR) is 124 cm³/mol. The van der Waals surface area contributed by atoms with Gasteiger partial charge < -0.3 is 14.8 Å². The molecule has 3 aromatic rings. The zero-order chi connectivity index (χ0) is 21.8. The molecule has 0 spiro atoms. The smallest absolute Gasteiger partial charge is 0.257 e. The molecule has 0 atom stereocenters. The van der Waals surface area contributed by atoms with Gasteiger partial charge in [0.1, 0.15) is 0 Å². The van der Waals surface area contributed by atoms with Gasteiger partial charge in [0.25, 0.3) is 5.91 Å². The Kier molecular flexibility index (Phi) is 6.77. The Morgan fingerprint density at radius 2 is 1.80 bits per heavy atom. The number of nitrogens with one attached hydrogen (secondary N) is 1. The standard InChI is InChI=1S/C24H26BrN3O2/c1-5-27(18(4)29)15-19-8-6-10-21(13-19)26-24(30)23-12-16(2)28(17(23)3)22-11-7-9-20(25)14-22/h6-14H,5,15H2,1-4H3,(H,26,30). The van der Waals surface area contributed by atoms with E-state index >= 15 is 0 Å². The first-order chi connectivity index (χ1) is 14.3. The van der Waals surface area contributed by atoms with E-state index in [0.717, 1.165) is 27.1 Å². The lowest BCUT2D eigenvalue weighted by Gasteiger charge is -2.19. The van der Waals surface area contributed by atoms with Crippen LogP contribution in [0.25, 0.3) is 5.69 Å². The molecule has 30 heavy (non-hydrogen) atoms. The minimum atomic E-state index is -0.152. The van der Waals surface area contributed by atoms with Crippen LogP contribution >= 0.6 is 15.9 Å². The van der Waals surface area contributed by atoms with Crippen molar-refractivity contribution in [2.24, 2.45) is 0 Å². The van der Waals surface area contributed by atoms with Crippen molar-refractivity contribution in [2.45, 2.75) is 34.2 Å². The molecule has 0 fully saturated rings. The van der Waals surface area contributed by atoms with Crippen LogP contribution in [0.5, 0.6) is 0 Å². The average molecular weight is 468 g/mol. The summed E-state index contributed by atoms with van der Waals surface area (Å²) in [5.74, 6) is -0.118. The second-order valence-electron chi connectivity index (χ2n) is 7.29. The summed E-state index contributed by atoms with van der Waals surface area (Å²) in [7, 11) is 0. The van der Waals surface area contributed by atoms with Crippen molar-refractivity contribution in [3.63, 3.8) is 0 Å². The maximum atomic E-state index is 13.0. The number of anilines is 1. The number of carbonyl (C=O) groups excluding carboxylic acids is 2. The number of amides is 2. The zero-order valence-electron chi connectivity index (χ0n) is 17.7. The first-order valence-electron chi connectivity index (χ1n) is 9.90. The van der Waals surface area contributed by atoms with Crippen molar-refractivity contribution < 1.29 is 9.59 Å². The monoisotopic (exact) mass is 467 g/mol. The third kappa shape index (κ3) is 4.82. The minimum Gasteiger partial charge on any atom is -0.339 e. The molecular formula is C24H26BrN3O2. The summed E-state index contributed by atoms with van der Waals surface area (Å²) in [5.41, 5.74) is 5.20. The second kappa shape index (κ2) is 9.30. The summed E-state index contributed by atoms with van der Waals surface area (Å²) in [4.78, 5) is 26.4. The van der Waals surface area contributed by atoms with E-state index in [9.17, 15) is 9.59 Å². The number of halogens is 1. The molecule has 0 aliphatic carbocycles. The molecule has 1 aromatic heterocycles. The molecule has 0 saturated heterocycles. The maximum absolute atomic E-state index is 13.0. The van der Waals surface area contributed by atoms with Crippen molar-refractivity contribution in [3.8, 4) is 5.69 Å². The molecule has 0 radical (unpaired) electrons. The number of rotatable bonds is 6. The van der Waals surface area contributed by atoms with Crippen molar-refractivity contribution in [3.05, 3.63) is 81.6 Å². The van der Waals surface area contributed by atoms with E-state index in [0.29, 0.717) is 24.3 Å². The number of benzene rings is 2. The summed E-state index contributed by atoms with van der Waals surface area (Å²) in [6.45, 7) is 8.63. The molecule has 1 N–H and O–H groups in total. The van der Waals surface area contributed by atoms with E-state index in [1.807, 2.05) is 75.4 Å². The molecule has 0 aliphatic heterocycles. The summed E-state index contributed by atoms with van der Waals surface area (Å²) in [6, 6.07) is 17.5. The van der Waals surface area contributed by atoms with Gasteiger partial charge in [-0.2, -0.15) is 0 Å². The highest BCUT2D eigenvalue weighted by Crippen LogP contribution is 2.24. The van der Waals surface area contributed by atoms with Crippen LogP contribution in [0, 0.1) is 13.8 Å². The van der Waals surface area contributed by atoms with Crippen molar-refractivity contribution in [2.75, 3.05) is 11.9 Å². The normalized spacial score (nSPS) is 10.7. The van der Waals surface area contributed by atoms with Crippen LogP contribution < -0.4 is 5.32 Å². The number of aryl methyl sites for hydroxylation is 1. The van der Waals surface area contributed by atoms with Crippen LogP contribution in [0.2, 0.25) is 0 Å². The Morgan fingerprint density at radius 1 is 1.07 bits per heavy atom. The van der Waals surface area contributed by atoms with Gasteiger partial charge in [-0.1, -0.05) is 34.1 Å². The van der Waals surface area contributed by atoms with E-state index in [1.165, 1.54) is 0 Å². The van der Waals surface area contributed by atoms with Gasteiger partial charge in [0.05, 0.1) is 5.56 Å².